The van der Waals surface area contributed by atoms with Gasteiger partial charge in [0.15, 0.2) is 0 Å². The van der Waals surface area contributed by atoms with Crippen molar-refractivity contribution in [2.75, 3.05) is 0 Å². The van der Waals surface area contributed by atoms with Gasteiger partial charge in [0.05, 0.1) is 6.42 Å². The maximum absolute atomic E-state index is 10.9. The fourth-order valence-corrected chi connectivity index (χ4v) is 0.804. The molecule has 0 bridgehead atoms. The Kier molecular flexibility index (Phi) is 4.50. The van der Waals surface area contributed by atoms with Gasteiger partial charge in [-0.2, -0.15) is 0 Å². The normalized spacial score (nSPS) is 10.1. The first-order valence-electron chi connectivity index (χ1n) is 3.76. The Morgan fingerprint density at radius 2 is 1.82 bits per heavy atom. The van der Waals surface area contributed by atoms with Gasteiger partial charge < -0.3 is 5.11 Å². The van der Waals surface area contributed by atoms with Crippen LogP contribution in [0.15, 0.2) is 0 Å². The van der Waals surface area contributed by atoms with Crippen LogP contribution in [-0.4, -0.2) is 16.9 Å². The minimum absolute atomic E-state index is 0.0362. The fraction of sp³-hybridized carbons (Fsp3) is 0.750. The van der Waals surface area contributed by atoms with Crippen LogP contribution in [0.2, 0.25) is 0 Å². The van der Waals surface area contributed by atoms with Gasteiger partial charge >= 0.3 is 5.97 Å². The number of hydrogen-bond donors (Lipinski definition) is 1. The molecule has 0 heterocycles. The summed E-state index contributed by atoms with van der Waals surface area (Å²) in [5, 5.41) is 8.24. The number of carboxylic acids is 1. The highest BCUT2D eigenvalue weighted by molar-refractivity contribution is 5.82. The van der Waals surface area contributed by atoms with Crippen molar-refractivity contribution in [3.8, 4) is 0 Å². The van der Waals surface area contributed by atoms with Crippen molar-refractivity contribution < 1.29 is 14.7 Å². The van der Waals surface area contributed by atoms with E-state index >= 15 is 0 Å². The van der Waals surface area contributed by atoms with Crippen LogP contribution in [0.25, 0.3) is 0 Å². The van der Waals surface area contributed by atoms with Gasteiger partial charge in [-0.15, -0.1) is 0 Å². The third-order valence-electron chi connectivity index (χ3n) is 1.25. The van der Waals surface area contributed by atoms with E-state index in [0.29, 0.717) is 12.3 Å². The lowest BCUT2D eigenvalue weighted by Crippen LogP contribution is -2.05. The number of carboxylic acid groups (broad SMARTS) is 1. The highest BCUT2D eigenvalue weighted by Crippen LogP contribution is 2.04. The second kappa shape index (κ2) is 4.88. The maximum atomic E-state index is 10.9. The topological polar surface area (TPSA) is 54.4 Å². The third kappa shape index (κ3) is 7.03. The highest BCUT2D eigenvalue weighted by Gasteiger charge is 2.06. The van der Waals surface area contributed by atoms with Gasteiger partial charge in [-0.25, -0.2) is 0 Å². The number of rotatable bonds is 5. The SMILES string of the molecule is CC(C)CC(=O)CCC(=O)O. The molecule has 1 N–H and O–H groups in total. The van der Waals surface area contributed by atoms with Crippen LogP contribution < -0.4 is 0 Å². The lowest BCUT2D eigenvalue weighted by atomic mass is 10.0. The number of Topliss-reactive ketones (excluding diaryl/α,β-unsaturated/α-hetero) is 1. The van der Waals surface area contributed by atoms with Crippen LogP contribution in [0.5, 0.6) is 0 Å². The van der Waals surface area contributed by atoms with E-state index in [-0.39, 0.29) is 18.6 Å². The molecule has 0 aromatic heterocycles. The number of aliphatic carboxylic acids is 1. The Morgan fingerprint density at radius 3 is 2.18 bits per heavy atom. The molecule has 0 saturated carbocycles. The van der Waals surface area contributed by atoms with Crippen LogP contribution >= 0.6 is 0 Å². The van der Waals surface area contributed by atoms with Gasteiger partial charge in [-0.05, 0) is 5.92 Å². The summed E-state index contributed by atoms with van der Waals surface area (Å²) < 4.78 is 0. The molecule has 0 saturated heterocycles. The van der Waals surface area contributed by atoms with Gasteiger partial charge in [0, 0.05) is 12.8 Å². The first-order chi connectivity index (χ1) is 5.02. The molecule has 0 radical (unpaired) electrons. The summed E-state index contributed by atoms with van der Waals surface area (Å²) in [6.45, 7) is 3.89. The molecule has 64 valence electrons. The van der Waals surface area contributed by atoms with E-state index < -0.39 is 5.97 Å². The Hall–Kier alpha value is -0.860. The third-order valence-corrected chi connectivity index (χ3v) is 1.25. The smallest absolute Gasteiger partial charge is 0.303 e. The molecule has 0 aromatic rings. The molecule has 3 heteroatoms. The molecule has 0 atom stereocenters. The highest BCUT2D eigenvalue weighted by atomic mass is 16.4. The molecule has 0 aliphatic carbocycles. The van der Waals surface area contributed by atoms with Gasteiger partial charge in [-0.3, -0.25) is 9.59 Å². The Morgan fingerprint density at radius 1 is 1.27 bits per heavy atom. The van der Waals surface area contributed by atoms with Gasteiger partial charge in [0.1, 0.15) is 5.78 Å². The summed E-state index contributed by atoms with van der Waals surface area (Å²) in [7, 11) is 0. The monoisotopic (exact) mass is 158 g/mol. The Balaban J connectivity index is 3.45. The molecule has 3 nitrogen and oxygen atoms in total. The predicted octanol–water partition coefficient (Wildman–Crippen LogP) is 1.47. The number of ketones is 1. The van der Waals surface area contributed by atoms with Crippen LogP contribution in [0, 0.1) is 5.92 Å². The average Bonchev–Trinajstić information content (AvgIpc) is 1.82. The first-order valence-corrected chi connectivity index (χ1v) is 3.76. The molecule has 0 aromatic carbocycles. The number of carbonyl (C=O) groups excluding carboxylic acids is 1. The summed E-state index contributed by atoms with van der Waals surface area (Å²) in [5.74, 6) is -0.527. The van der Waals surface area contributed by atoms with E-state index in [1.54, 1.807) is 0 Å². The Labute approximate surface area is 66.4 Å². The molecular weight excluding hydrogens is 144 g/mol. The molecule has 0 aliphatic heterocycles. The van der Waals surface area contributed by atoms with Crippen molar-refractivity contribution in [3.63, 3.8) is 0 Å². The molecule has 0 fully saturated rings. The molecule has 0 aliphatic rings. The van der Waals surface area contributed by atoms with E-state index in [1.807, 2.05) is 13.8 Å². The van der Waals surface area contributed by atoms with E-state index in [1.165, 1.54) is 0 Å². The Bertz CT molecular complexity index is 149. The second-order valence-corrected chi connectivity index (χ2v) is 3.03. The molecular formula is C8H14O3. The first kappa shape index (κ1) is 10.1. The zero-order chi connectivity index (χ0) is 8.85. The van der Waals surface area contributed by atoms with Crippen molar-refractivity contribution in [1.29, 1.82) is 0 Å². The van der Waals surface area contributed by atoms with Crippen molar-refractivity contribution in [2.45, 2.75) is 33.1 Å². The van der Waals surface area contributed by atoms with E-state index in [0.717, 1.165) is 0 Å². The van der Waals surface area contributed by atoms with Crippen LogP contribution in [0.3, 0.4) is 0 Å². The molecule has 0 rings (SSSR count). The minimum atomic E-state index is -0.901. The van der Waals surface area contributed by atoms with E-state index in [2.05, 4.69) is 0 Å². The summed E-state index contributed by atoms with van der Waals surface area (Å²) in [6.07, 6.45) is 0.631. The minimum Gasteiger partial charge on any atom is -0.481 e. The molecule has 11 heavy (non-hydrogen) atoms. The summed E-state index contributed by atoms with van der Waals surface area (Å²) >= 11 is 0. The summed E-state index contributed by atoms with van der Waals surface area (Å²) in [6, 6.07) is 0. The van der Waals surface area contributed by atoms with Gasteiger partial charge in [0.2, 0.25) is 0 Å². The molecule has 0 amide bonds. The largest absolute Gasteiger partial charge is 0.481 e. The fourth-order valence-electron chi connectivity index (χ4n) is 0.804. The van der Waals surface area contributed by atoms with Crippen molar-refractivity contribution >= 4 is 11.8 Å². The molecule has 0 unspecified atom stereocenters. The van der Waals surface area contributed by atoms with Crippen LogP contribution in [0.4, 0.5) is 0 Å². The van der Waals surface area contributed by atoms with Crippen LogP contribution in [0.1, 0.15) is 33.1 Å². The van der Waals surface area contributed by atoms with E-state index in [4.69, 9.17) is 5.11 Å². The van der Waals surface area contributed by atoms with Crippen LogP contribution in [-0.2, 0) is 9.59 Å². The average molecular weight is 158 g/mol. The van der Waals surface area contributed by atoms with Gasteiger partial charge in [0.25, 0.3) is 0 Å². The van der Waals surface area contributed by atoms with Gasteiger partial charge in [-0.1, -0.05) is 13.8 Å². The van der Waals surface area contributed by atoms with Crippen molar-refractivity contribution in [3.05, 3.63) is 0 Å². The second-order valence-electron chi connectivity index (χ2n) is 3.03. The van der Waals surface area contributed by atoms with E-state index in [9.17, 15) is 9.59 Å². The van der Waals surface area contributed by atoms with Crippen molar-refractivity contribution in [2.24, 2.45) is 5.92 Å². The lowest BCUT2D eigenvalue weighted by Gasteiger charge is -2.00. The standard InChI is InChI=1S/C8H14O3/c1-6(2)5-7(9)3-4-8(10)11/h6H,3-5H2,1-2H3,(H,10,11). The quantitative estimate of drug-likeness (QED) is 0.659. The summed E-state index contributed by atoms with van der Waals surface area (Å²) in [4.78, 5) is 20.9. The maximum Gasteiger partial charge on any atom is 0.303 e. The number of hydrogen-bond acceptors (Lipinski definition) is 2. The zero-order valence-electron chi connectivity index (χ0n) is 6.96. The molecule has 0 spiro atoms. The summed E-state index contributed by atoms with van der Waals surface area (Å²) in [5.41, 5.74) is 0. The lowest BCUT2D eigenvalue weighted by molar-refractivity contribution is -0.138. The zero-order valence-corrected chi connectivity index (χ0v) is 6.96. The predicted molar refractivity (Wildman–Crippen MR) is 41.3 cm³/mol. The number of carbonyl (C=O) groups is 2. The van der Waals surface area contributed by atoms with Crippen molar-refractivity contribution in [1.82, 2.24) is 0 Å².